The maximum Gasteiger partial charge on any atom is 0.150 e. The second kappa shape index (κ2) is 9.72. The number of carbonyl (C=O) groups excluding carboxylic acids is 1. The largest absolute Gasteiger partial charge is 0.390 e. The molecule has 2 aliphatic rings. The van der Waals surface area contributed by atoms with E-state index in [0.29, 0.717) is 37.0 Å². The highest BCUT2D eigenvalue weighted by Gasteiger charge is 2.41. The molecular weight excluding hydrogens is 360 g/mol. The van der Waals surface area contributed by atoms with Gasteiger partial charge < -0.3 is 10.8 Å². The van der Waals surface area contributed by atoms with Gasteiger partial charge in [0.1, 0.15) is 5.78 Å². The average molecular weight is 401 g/mol. The van der Waals surface area contributed by atoms with Gasteiger partial charge in [0.25, 0.3) is 0 Å². The number of nitrogens with zero attached hydrogens (tertiary/aromatic N) is 1. The summed E-state index contributed by atoms with van der Waals surface area (Å²) in [5.41, 5.74) is 7.50. The lowest BCUT2D eigenvalue weighted by molar-refractivity contribution is -0.130. The first kappa shape index (κ1) is 22.5. The van der Waals surface area contributed by atoms with Crippen LogP contribution in [0.2, 0.25) is 0 Å². The van der Waals surface area contributed by atoms with Crippen LogP contribution in [0.4, 0.5) is 0 Å². The molecule has 0 radical (unpaired) electrons. The van der Waals surface area contributed by atoms with E-state index in [1.807, 2.05) is 18.2 Å². The summed E-state index contributed by atoms with van der Waals surface area (Å²) in [7, 11) is 0. The zero-order valence-electron chi connectivity index (χ0n) is 18.5. The summed E-state index contributed by atoms with van der Waals surface area (Å²) in [4.78, 5) is 15.5. The number of piperidine rings is 1. The van der Waals surface area contributed by atoms with Gasteiger partial charge in [-0.25, -0.2) is 0 Å². The molecule has 3 rings (SSSR count). The predicted molar refractivity (Wildman–Crippen MR) is 119 cm³/mol. The van der Waals surface area contributed by atoms with Gasteiger partial charge in [0.15, 0.2) is 0 Å². The van der Waals surface area contributed by atoms with Gasteiger partial charge in [-0.05, 0) is 42.1 Å². The second-order valence-electron chi connectivity index (χ2n) is 10.6. The van der Waals surface area contributed by atoms with Gasteiger partial charge in [0.05, 0.1) is 12.1 Å². The molecule has 1 saturated carbocycles. The summed E-state index contributed by atoms with van der Waals surface area (Å²) in [5, 5.41) is 10.9. The zero-order chi connectivity index (χ0) is 21.0. The molecule has 1 aliphatic carbocycles. The number of hydrogen-bond donors (Lipinski definition) is 2. The molecule has 2 fully saturated rings. The SMILES string of the molecule is CC(C)(C)CC(=O)C1CC2CCCCC2CN1C[C@H](O)[C@H](N)Cc1ccccc1. The van der Waals surface area contributed by atoms with E-state index in [2.05, 4.69) is 37.8 Å². The topological polar surface area (TPSA) is 66.6 Å². The van der Waals surface area contributed by atoms with E-state index >= 15 is 0 Å². The first-order valence-electron chi connectivity index (χ1n) is 11.5. The van der Waals surface area contributed by atoms with Crippen LogP contribution in [0.5, 0.6) is 0 Å². The van der Waals surface area contributed by atoms with E-state index in [0.717, 1.165) is 18.5 Å². The van der Waals surface area contributed by atoms with Crippen LogP contribution in [-0.2, 0) is 11.2 Å². The van der Waals surface area contributed by atoms with Crippen LogP contribution in [0.1, 0.15) is 64.9 Å². The van der Waals surface area contributed by atoms with E-state index < -0.39 is 6.10 Å². The third-order valence-electron chi connectivity index (χ3n) is 6.81. The molecule has 3 unspecified atom stereocenters. The summed E-state index contributed by atoms with van der Waals surface area (Å²) >= 11 is 0. The number of likely N-dealkylation sites (tertiary alicyclic amines) is 1. The summed E-state index contributed by atoms with van der Waals surface area (Å²) in [6.45, 7) is 7.82. The van der Waals surface area contributed by atoms with E-state index in [-0.39, 0.29) is 17.5 Å². The van der Waals surface area contributed by atoms with Crippen molar-refractivity contribution in [2.24, 2.45) is 23.0 Å². The Morgan fingerprint density at radius 1 is 1.17 bits per heavy atom. The highest BCUT2D eigenvalue weighted by Crippen LogP contribution is 2.39. The molecule has 4 heteroatoms. The number of benzene rings is 1. The average Bonchev–Trinajstić information content (AvgIpc) is 2.66. The molecule has 29 heavy (non-hydrogen) atoms. The van der Waals surface area contributed by atoms with Gasteiger partial charge in [0.2, 0.25) is 0 Å². The minimum absolute atomic E-state index is 0.00546. The van der Waals surface area contributed by atoms with Crippen molar-refractivity contribution in [2.75, 3.05) is 13.1 Å². The van der Waals surface area contributed by atoms with Crippen LogP contribution in [0.15, 0.2) is 30.3 Å². The fraction of sp³-hybridized carbons (Fsp3) is 0.720. The van der Waals surface area contributed by atoms with Gasteiger partial charge in [0, 0.05) is 25.6 Å². The molecule has 1 aliphatic heterocycles. The van der Waals surface area contributed by atoms with Crippen LogP contribution in [0.3, 0.4) is 0 Å². The minimum Gasteiger partial charge on any atom is -0.390 e. The Morgan fingerprint density at radius 3 is 2.48 bits per heavy atom. The molecule has 0 amide bonds. The van der Waals surface area contributed by atoms with Crippen molar-refractivity contribution < 1.29 is 9.90 Å². The van der Waals surface area contributed by atoms with E-state index in [4.69, 9.17) is 5.73 Å². The summed E-state index contributed by atoms with van der Waals surface area (Å²) < 4.78 is 0. The van der Waals surface area contributed by atoms with Crippen molar-refractivity contribution in [3.63, 3.8) is 0 Å². The lowest BCUT2D eigenvalue weighted by Crippen LogP contribution is -2.56. The molecule has 162 valence electrons. The molecule has 5 atom stereocenters. The zero-order valence-corrected chi connectivity index (χ0v) is 18.5. The monoisotopic (exact) mass is 400 g/mol. The summed E-state index contributed by atoms with van der Waals surface area (Å²) in [6, 6.07) is 9.72. The highest BCUT2D eigenvalue weighted by atomic mass is 16.3. The first-order chi connectivity index (χ1) is 13.7. The molecule has 0 aromatic heterocycles. The van der Waals surface area contributed by atoms with Crippen LogP contribution in [0.25, 0.3) is 0 Å². The van der Waals surface area contributed by atoms with E-state index in [9.17, 15) is 9.90 Å². The lowest BCUT2D eigenvalue weighted by Gasteiger charge is -2.47. The third-order valence-corrected chi connectivity index (χ3v) is 6.81. The number of hydrogen-bond acceptors (Lipinski definition) is 4. The van der Waals surface area contributed by atoms with E-state index in [1.165, 1.54) is 25.7 Å². The Balaban J connectivity index is 1.67. The van der Waals surface area contributed by atoms with Crippen LogP contribution >= 0.6 is 0 Å². The normalized spacial score (nSPS) is 27.8. The second-order valence-corrected chi connectivity index (χ2v) is 10.6. The lowest BCUT2D eigenvalue weighted by atomic mass is 9.71. The third kappa shape index (κ3) is 6.37. The van der Waals surface area contributed by atoms with Gasteiger partial charge >= 0.3 is 0 Å². The number of rotatable bonds is 7. The number of ketones is 1. The van der Waals surface area contributed by atoms with Crippen LogP contribution in [-0.4, -0.2) is 47.1 Å². The smallest absolute Gasteiger partial charge is 0.150 e. The van der Waals surface area contributed by atoms with Gasteiger partial charge in [-0.2, -0.15) is 0 Å². The quantitative estimate of drug-likeness (QED) is 0.730. The molecular formula is C25H40N2O2. The Kier molecular flexibility index (Phi) is 7.53. The minimum atomic E-state index is -0.625. The summed E-state index contributed by atoms with van der Waals surface area (Å²) in [6.07, 6.45) is 6.69. The molecule has 0 bridgehead atoms. The molecule has 0 spiro atoms. The van der Waals surface area contributed by atoms with Crippen molar-refractivity contribution in [3.8, 4) is 0 Å². The van der Waals surface area contributed by atoms with Crippen molar-refractivity contribution in [3.05, 3.63) is 35.9 Å². The van der Waals surface area contributed by atoms with Gasteiger partial charge in [-0.15, -0.1) is 0 Å². The first-order valence-corrected chi connectivity index (χ1v) is 11.5. The Labute approximate surface area is 176 Å². The van der Waals surface area contributed by atoms with Crippen LogP contribution in [0, 0.1) is 17.3 Å². The van der Waals surface area contributed by atoms with Crippen LogP contribution < -0.4 is 5.73 Å². The summed E-state index contributed by atoms with van der Waals surface area (Å²) in [5.74, 6) is 1.68. The number of aliphatic hydroxyl groups excluding tert-OH is 1. The fourth-order valence-corrected chi connectivity index (χ4v) is 5.27. The van der Waals surface area contributed by atoms with Crippen molar-refractivity contribution in [1.29, 1.82) is 0 Å². The Hall–Kier alpha value is -1.23. The number of aliphatic hydroxyl groups is 1. The standard InChI is InChI=1S/C25H40N2O2/c1-25(2,3)15-23(28)22-14-19-11-7-8-12-20(19)16-27(22)17-24(29)21(26)13-18-9-5-4-6-10-18/h4-6,9-10,19-22,24,29H,7-8,11-17,26H2,1-3H3/t19?,20?,21-,22?,24+/m1/s1. The predicted octanol–water partition coefficient (Wildman–Crippen LogP) is 3.80. The maximum absolute atomic E-state index is 13.2. The number of fused-ring (bicyclic) bond motifs is 1. The van der Waals surface area contributed by atoms with Crippen molar-refractivity contribution >= 4 is 5.78 Å². The van der Waals surface area contributed by atoms with Gasteiger partial charge in [-0.1, -0.05) is 70.4 Å². The fourth-order valence-electron chi connectivity index (χ4n) is 5.27. The molecule has 1 saturated heterocycles. The Bertz CT molecular complexity index is 655. The number of β-amino-alcohol motifs (C(OH)–C–C–N with tert-alkyl or cyclic N) is 1. The molecule has 4 nitrogen and oxygen atoms in total. The van der Waals surface area contributed by atoms with E-state index in [1.54, 1.807) is 0 Å². The highest BCUT2D eigenvalue weighted by molar-refractivity contribution is 5.84. The number of Topliss-reactive ketones (excluding diaryl/α,β-unsaturated/α-hetero) is 1. The van der Waals surface area contributed by atoms with Gasteiger partial charge in [-0.3, -0.25) is 9.69 Å². The molecule has 1 aromatic rings. The Morgan fingerprint density at radius 2 is 1.83 bits per heavy atom. The molecule has 3 N–H and O–H groups in total. The van der Waals surface area contributed by atoms with Crippen molar-refractivity contribution in [2.45, 2.75) is 83.9 Å². The molecule has 1 aromatic carbocycles. The number of carbonyl (C=O) groups is 1. The maximum atomic E-state index is 13.2. The van der Waals surface area contributed by atoms with Crippen molar-refractivity contribution in [1.82, 2.24) is 4.90 Å². The number of nitrogens with two attached hydrogens (primary N) is 1. The molecule has 1 heterocycles.